The van der Waals surface area contributed by atoms with Gasteiger partial charge in [0.05, 0.1) is 5.56 Å². The minimum Gasteiger partial charge on any atom is -0.508 e. The number of benzene rings is 2. The normalized spacial score (nSPS) is 10.2. The summed E-state index contributed by atoms with van der Waals surface area (Å²) in [5, 5.41) is 21.3. The van der Waals surface area contributed by atoms with Gasteiger partial charge in [-0.25, -0.2) is 4.39 Å². The van der Waals surface area contributed by atoms with Crippen molar-refractivity contribution in [2.45, 2.75) is 6.42 Å². The zero-order chi connectivity index (χ0) is 14.5. The Morgan fingerprint density at radius 3 is 2.45 bits per heavy atom. The van der Waals surface area contributed by atoms with Crippen LogP contribution in [0.15, 0.2) is 42.5 Å². The molecule has 0 radical (unpaired) electrons. The summed E-state index contributed by atoms with van der Waals surface area (Å²) < 4.78 is 12.8. The van der Waals surface area contributed by atoms with Crippen LogP contribution in [-0.2, 0) is 6.42 Å². The molecule has 5 heteroatoms. The molecule has 20 heavy (non-hydrogen) atoms. The molecule has 0 atom stereocenters. The molecule has 0 spiro atoms. The lowest BCUT2D eigenvalue weighted by Crippen LogP contribution is -2.25. The molecule has 0 aliphatic heterocycles. The van der Waals surface area contributed by atoms with Gasteiger partial charge in [0, 0.05) is 12.6 Å². The predicted octanol–water partition coefficient (Wildman–Crippen LogP) is 2.21. The second kappa shape index (κ2) is 6.06. The molecular weight excluding hydrogens is 261 g/mol. The molecule has 0 fully saturated rings. The maximum Gasteiger partial charge on any atom is 0.255 e. The highest BCUT2D eigenvalue weighted by molar-refractivity contribution is 5.96. The molecule has 3 N–H and O–H groups in total. The fourth-order valence-electron chi connectivity index (χ4n) is 1.78. The van der Waals surface area contributed by atoms with Crippen LogP contribution < -0.4 is 5.32 Å². The molecular formula is C15H14FNO3. The molecule has 2 aromatic rings. The van der Waals surface area contributed by atoms with Gasteiger partial charge in [-0.15, -0.1) is 0 Å². The molecule has 104 valence electrons. The standard InChI is InChI=1S/C15H14FNO3/c16-11-3-6-13(14(19)9-11)15(20)17-8-7-10-1-4-12(18)5-2-10/h1-6,9,18-19H,7-8H2,(H,17,20). The second-order valence-corrected chi connectivity index (χ2v) is 4.33. The maximum atomic E-state index is 12.8. The average molecular weight is 275 g/mol. The van der Waals surface area contributed by atoms with Crippen molar-refractivity contribution in [3.8, 4) is 11.5 Å². The Labute approximate surface area is 115 Å². The summed E-state index contributed by atoms with van der Waals surface area (Å²) in [4.78, 5) is 11.8. The van der Waals surface area contributed by atoms with E-state index in [0.29, 0.717) is 13.0 Å². The van der Waals surface area contributed by atoms with Gasteiger partial charge in [-0.05, 0) is 36.2 Å². The van der Waals surface area contributed by atoms with Gasteiger partial charge in [0.25, 0.3) is 5.91 Å². The number of rotatable bonds is 4. The van der Waals surface area contributed by atoms with E-state index in [1.165, 1.54) is 6.07 Å². The van der Waals surface area contributed by atoms with Crippen molar-refractivity contribution < 1.29 is 19.4 Å². The van der Waals surface area contributed by atoms with Crippen molar-refractivity contribution in [3.05, 3.63) is 59.4 Å². The summed E-state index contributed by atoms with van der Waals surface area (Å²) >= 11 is 0. The Morgan fingerprint density at radius 2 is 1.80 bits per heavy atom. The van der Waals surface area contributed by atoms with Crippen LogP contribution in [0.1, 0.15) is 15.9 Å². The summed E-state index contributed by atoms with van der Waals surface area (Å²) in [6.07, 6.45) is 0.591. The van der Waals surface area contributed by atoms with Crippen LogP contribution in [0.5, 0.6) is 11.5 Å². The number of phenolic OH excluding ortho intramolecular Hbond substituents is 2. The minimum absolute atomic E-state index is 0.0390. The lowest BCUT2D eigenvalue weighted by Gasteiger charge is -2.07. The molecule has 0 unspecified atom stereocenters. The summed E-state index contributed by atoms with van der Waals surface area (Å²) in [6.45, 7) is 0.375. The highest BCUT2D eigenvalue weighted by Gasteiger charge is 2.11. The van der Waals surface area contributed by atoms with Gasteiger partial charge in [0.2, 0.25) is 0 Å². The van der Waals surface area contributed by atoms with Crippen molar-refractivity contribution in [1.29, 1.82) is 0 Å². The van der Waals surface area contributed by atoms with E-state index in [9.17, 15) is 14.3 Å². The van der Waals surface area contributed by atoms with E-state index in [0.717, 1.165) is 17.7 Å². The second-order valence-electron chi connectivity index (χ2n) is 4.33. The molecule has 0 aliphatic rings. The maximum absolute atomic E-state index is 12.8. The van der Waals surface area contributed by atoms with Crippen LogP contribution in [0.4, 0.5) is 4.39 Å². The van der Waals surface area contributed by atoms with Crippen LogP contribution in [0.3, 0.4) is 0 Å². The first-order chi connectivity index (χ1) is 9.56. The van der Waals surface area contributed by atoms with Gasteiger partial charge in [-0.1, -0.05) is 12.1 Å². The van der Waals surface area contributed by atoms with Gasteiger partial charge < -0.3 is 15.5 Å². The van der Waals surface area contributed by atoms with E-state index < -0.39 is 11.7 Å². The van der Waals surface area contributed by atoms with Crippen molar-refractivity contribution in [2.75, 3.05) is 6.54 Å². The van der Waals surface area contributed by atoms with Crippen LogP contribution in [0.25, 0.3) is 0 Å². The molecule has 0 bridgehead atoms. The number of nitrogens with one attached hydrogen (secondary N) is 1. The Morgan fingerprint density at radius 1 is 1.10 bits per heavy atom. The first-order valence-corrected chi connectivity index (χ1v) is 6.11. The third-order valence-corrected chi connectivity index (χ3v) is 2.84. The molecule has 2 aromatic carbocycles. The fraction of sp³-hybridized carbons (Fsp3) is 0.133. The molecule has 1 amide bonds. The number of hydrogen-bond donors (Lipinski definition) is 3. The molecule has 0 aliphatic carbocycles. The topological polar surface area (TPSA) is 69.6 Å². The third-order valence-electron chi connectivity index (χ3n) is 2.84. The van der Waals surface area contributed by atoms with Gasteiger partial charge >= 0.3 is 0 Å². The Kier molecular flexibility index (Phi) is 4.20. The van der Waals surface area contributed by atoms with Crippen molar-refractivity contribution in [3.63, 3.8) is 0 Å². The number of carbonyl (C=O) groups is 1. The molecule has 0 heterocycles. The first-order valence-electron chi connectivity index (χ1n) is 6.11. The van der Waals surface area contributed by atoms with Crippen molar-refractivity contribution in [1.82, 2.24) is 5.32 Å². The zero-order valence-electron chi connectivity index (χ0n) is 10.6. The smallest absolute Gasteiger partial charge is 0.255 e. The highest BCUT2D eigenvalue weighted by atomic mass is 19.1. The predicted molar refractivity (Wildman–Crippen MR) is 72.2 cm³/mol. The first kappa shape index (κ1) is 13.9. The number of hydrogen-bond acceptors (Lipinski definition) is 3. The lowest BCUT2D eigenvalue weighted by atomic mass is 10.1. The van der Waals surface area contributed by atoms with Gasteiger partial charge in [-0.2, -0.15) is 0 Å². The van der Waals surface area contributed by atoms with Gasteiger partial charge in [-0.3, -0.25) is 4.79 Å². The molecule has 2 rings (SSSR count). The monoisotopic (exact) mass is 275 g/mol. The van der Waals surface area contributed by atoms with E-state index in [2.05, 4.69) is 5.32 Å². The summed E-state index contributed by atoms with van der Waals surface area (Å²) in [7, 11) is 0. The molecule has 0 saturated carbocycles. The minimum atomic E-state index is -0.594. The van der Waals surface area contributed by atoms with Crippen LogP contribution in [0, 0.1) is 5.82 Å². The average Bonchev–Trinajstić information content (AvgIpc) is 2.41. The van der Waals surface area contributed by atoms with Crippen LogP contribution >= 0.6 is 0 Å². The largest absolute Gasteiger partial charge is 0.508 e. The fourth-order valence-corrected chi connectivity index (χ4v) is 1.78. The van der Waals surface area contributed by atoms with Gasteiger partial charge in [0.15, 0.2) is 0 Å². The van der Waals surface area contributed by atoms with Crippen molar-refractivity contribution in [2.24, 2.45) is 0 Å². The highest BCUT2D eigenvalue weighted by Crippen LogP contribution is 2.17. The number of phenols is 2. The van der Waals surface area contributed by atoms with E-state index in [1.54, 1.807) is 24.3 Å². The summed E-state index contributed by atoms with van der Waals surface area (Å²) in [5.41, 5.74) is 1.00. The van der Waals surface area contributed by atoms with Gasteiger partial charge in [0.1, 0.15) is 17.3 Å². The Hall–Kier alpha value is -2.56. The summed E-state index contributed by atoms with van der Waals surface area (Å²) in [5.74, 6) is -1.24. The quantitative estimate of drug-likeness (QED) is 0.801. The van der Waals surface area contributed by atoms with E-state index in [-0.39, 0.29) is 17.1 Å². The SMILES string of the molecule is O=C(NCCc1ccc(O)cc1)c1ccc(F)cc1O. The zero-order valence-corrected chi connectivity index (χ0v) is 10.6. The molecule has 4 nitrogen and oxygen atoms in total. The lowest BCUT2D eigenvalue weighted by molar-refractivity contribution is 0.0951. The van der Waals surface area contributed by atoms with Crippen LogP contribution in [0.2, 0.25) is 0 Å². The Bertz CT molecular complexity index is 611. The number of amides is 1. The summed E-state index contributed by atoms with van der Waals surface area (Å²) in [6, 6.07) is 9.92. The van der Waals surface area contributed by atoms with Crippen LogP contribution in [-0.4, -0.2) is 22.7 Å². The number of aromatic hydroxyl groups is 2. The Balaban J connectivity index is 1.90. The molecule has 0 aromatic heterocycles. The number of halogens is 1. The van der Waals surface area contributed by atoms with E-state index in [4.69, 9.17) is 5.11 Å². The number of carbonyl (C=O) groups excluding carboxylic acids is 1. The van der Waals surface area contributed by atoms with E-state index >= 15 is 0 Å². The van der Waals surface area contributed by atoms with Crippen molar-refractivity contribution >= 4 is 5.91 Å². The third kappa shape index (κ3) is 3.47. The molecule has 0 saturated heterocycles. The van der Waals surface area contributed by atoms with E-state index in [1.807, 2.05) is 0 Å².